The minimum atomic E-state index is 0.401. The molecule has 4 heteroatoms. The van der Waals surface area contributed by atoms with Crippen molar-refractivity contribution in [2.45, 2.75) is 26.7 Å². The molecule has 0 atom stereocenters. The molecule has 0 bridgehead atoms. The topological polar surface area (TPSA) is 41.1 Å². The fourth-order valence-corrected chi connectivity index (χ4v) is 2.50. The molecule has 0 fully saturated rings. The van der Waals surface area contributed by atoms with E-state index in [9.17, 15) is 0 Å². The summed E-state index contributed by atoms with van der Waals surface area (Å²) in [7, 11) is 5.98. The summed E-state index contributed by atoms with van der Waals surface area (Å²) in [5, 5.41) is 3.20. The van der Waals surface area contributed by atoms with Gasteiger partial charge in [-0.3, -0.25) is 0 Å². The maximum atomic E-state index is 4.68. The highest BCUT2D eigenvalue weighted by atomic mass is 15.1. The predicted octanol–water partition coefficient (Wildman–Crippen LogP) is 3.68. The first-order valence-corrected chi connectivity index (χ1v) is 7.28. The van der Waals surface area contributed by atoms with Gasteiger partial charge in [0.15, 0.2) is 5.82 Å². The van der Waals surface area contributed by atoms with E-state index in [1.54, 1.807) is 0 Å². The van der Waals surface area contributed by atoms with E-state index < -0.39 is 0 Å². The van der Waals surface area contributed by atoms with Gasteiger partial charge in [0.2, 0.25) is 0 Å². The minimum Gasteiger partial charge on any atom is -0.378 e. The second-order valence-electron chi connectivity index (χ2n) is 5.74. The summed E-state index contributed by atoms with van der Waals surface area (Å²) in [6.45, 7) is 6.38. The van der Waals surface area contributed by atoms with E-state index in [1.807, 2.05) is 21.1 Å². The molecule has 0 saturated carbocycles. The number of nitrogens with zero attached hydrogens (tertiary/aromatic N) is 3. The van der Waals surface area contributed by atoms with Crippen molar-refractivity contribution >= 4 is 11.5 Å². The third-order valence-electron chi connectivity index (χ3n) is 3.59. The zero-order valence-corrected chi connectivity index (χ0v) is 13.7. The van der Waals surface area contributed by atoms with Crippen molar-refractivity contribution in [3.63, 3.8) is 0 Å². The van der Waals surface area contributed by atoms with Crippen LogP contribution in [-0.2, 0) is 0 Å². The number of aryl methyl sites for hydroxylation is 1. The smallest absolute Gasteiger partial charge is 0.161 e. The first-order chi connectivity index (χ1) is 9.93. The summed E-state index contributed by atoms with van der Waals surface area (Å²) in [5.41, 5.74) is 4.43. The van der Waals surface area contributed by atoms with Gasteiger partial charge in [0.1, 0.15) is 5.82 Å². The van der Waals surface area contributed by atoms with Gasteiger partial charge >= 0.3 is 0 Å². The van der Waals surface area contributed by atoms with E-state index in [0.717, 1.165) is 22.9 Å². The lowest BCUT2D eigenvalue weighted by atomic mass is 10.0. The molecule has 0 amide bonds. The van der Waals surface area contributed by atoms with Crippen LogP contribution < -0.4 is 10.2 Å². The summed E-state index contributed by atoms with van der Waals surface area (Å²) in [5.74, 6) is 2.09. The first-order valence-electron chi connectivity index (χ1n) is 7.28. The lowest BCUT2D eigenvalue weighted by Crippen LogP contribution is -2.08. The number of hydrogen-bond donors (Lipinski definition) is 1. The molecular formula is C17H24N4. The highest BCUT2D eigenvalue weighted by molar-refractivity contribution is 5.63. The second kappa shape index (κ2) is 6.12. The highest BCUT2D eigenvalue weighted by Crippen LogP contribution is 2.28. The molecule has 0 aliphatic rings. The van der Waals surface area contributed by atoms with Crippen LogP contribution in [0.15, 0.2) is 24.3 Å². The number of nitrogens with one attached hydrogen (secondary N) is 1. The molecule has 1 aromatic carbocycles. The van der Waals surface area contributed by atoms with Gasteiger partial charge in [-0.15, -0.1) is 0 Å². The number of hydrogen-bond acceptors (Lipinski definition) is 4. The lowest BCUT2D eigenvalue weighted by molar-refractivity contribution is 0.833. The van der Waals surface area contributed by atoms with Crippen LogP contribution in [0, 0.1) is 6.92 Å². The molecule has 112 valence electrons. The number of rotatable bonds is 4. The van der Waals surface area contributed by atoms with Crippen LogP contribution in [0.1, 0.15) is 31.0 Å². The van der Waals surface area contributed by atoms with Crippen molar-refractivity contribution in [1.82, 2.24) is 9.97 Å². The van der Waals surface area contributed by atoms with Crippen molar-refractivity contribution in [3.8, 4) is 11.4 Å². The zero-order chi connectivity index (χ0) is 15.6. The first kappa shape index (κ1) is 15.3. The Hall–Kier alpha value is -2.10. The Kier molecular flexibility index (Phi) is 4.46. The molecule has 0 unspecified atom stereocenters. The average Bonchev–Trinajstić information content (AvgIpc) is 2.45. The summed E-state index contributed by atoms with van der Waals surface area (Å²) in [4.78, 5) is 11.4. The Bertz CT molecular complexity index is 615. The Balaban J connectivity index is 2.47. The molecular weight excluding hydrogens is 260 g/mol. The summed E-state index contributed by atoms with van der Waals surface area (Å²) in [6, 6.07) is 8.31. The van der Waals surface area contributed by atoms with E-state index >= 15 is 0 Å². The minimum absolute atomic E-state index is 0.401. The van der Waals surface area contributed by atoms with Crippen LogP contribution in [0.3, 0.4) is 0 Å². The summed E-state index contributed by atoms with van der Waals surface area (Å²) in [6.07, 6.45) is 0. The summed E-state index contributed by atoms with van der Waals surface area (Å²) < 4.78 is 0. The summed E-state index contributed by atoms with van der Waals surface area (Å²) >= 11 is 0. The van der Waals surface area contributed by atoms with Gasteiger partial charge in [0.25, 0.3) is 0 Å². The van der Waals surface area contributed by atoms with Crippen LogP contribution in [0.25, 0.3) is 11.4 Å². The average molecular weight is 284 g/mol. The predicted molar refractivity (Wildman–Crippen MR) is 90.2 cm³/mol. The van der Waals surface area contributed by atoms with Gasteiger partial charge in [-0.05, 0) is 37.1 Å². The van der Waals surface area contributed by atoms with Crippen LogP contribution in [0.4, 0.5) is 11.5 Å². The molecule has 0 aliphatic carbocycles. The Morgan fingerprint density at radius 2 is 1.67 bits per heavy atom. The molecule has 1 heterocycles. The van der Waals surface area contributed by atoms with E-state index in [2.05, 4.69) is 65.2 Å². The normalized spacial score (nSPS) is 10.8. The van der Waals surface area contributed by atoms with Gasteiger partial charge in [-0.1, -0.05) is 13.8 Å². The molecule has 0 radical (unpaired) electrons. The Labute approximate surface area is 127 Å². The van der Waals surface area contributed by atoms with Crippen LogP contribution in [0.5, 0.6) is 0 Å². The standard InChI is InChI=1S/C17H24N4/c1-11(2)15-12(3)19-16(20-17(15)18-4)13-7-9-14(10-8-13)21(5)6/h7-11H,1-6H3,(H,18,19,20). The van der Waals surface area contributed by atoms with Gasteiger partial charge < -0.3 is 10.2 Å². The number of benzene rings is 1. The Morgan fingerprint density at radius 3 is 2.14 bits per heavy atom. The van der Waals surface area contributed by atoms with Crippen molar-refractivity contribution in [2.24, 2.45) is 0 Å². The maximum Gasteiger partial charge on any atom is 0.161 e. The molecule has 2 rings (SSSR count). The molecule has 1 N–H and O–H groups in total. The third-order valence-corrected chi connectivity index (χ3v) is 3.59. The van der Waals surface area contributed by atoms with Crippen molar-refractivity contribution < 1.29 is 0 Å². The largest absolute Gasteiger partial charge is 0.378 e. The zero-order valence-electron chi connectivity index (χ0n) is 13.7. The molecule has 0 spiro atoms. The van der Waals surface area contributed by atoms with Crippen LogP contribution in [0.2, 0.25) is 0 Å². The van der Waals surface area contributed by atoms with E-state index in [0.29, 0.717) is 5.92 Å². The van der Waals surface area contributed by atoms with E-state index in [1.165, 1.54) is 11.3 Å². The van der Waals surface area contributed by atoms with Gasteiger partial charge in [-0.2, -0.15) is 0 Å². The fraction of sp³-hybridized carbons (Fsp3) is 0.412. The van der Waals surface area contributed by atoms with Gasteiger partial charge in [0, 0.05) is 43.7 Å². The quantitative estimate of drug-likeness (QED) is 0.930. The van der Waals surface area contributed by atoms with Crippen LogP contribution in [-0.4, -0.2) is 31.1 Å². The number of anilines is 2. The second-order valence-corrected chi connectivity index (χ2v) is 5.74. The molecule has 0 aliphatic heterocycles. The molecule has 4 nitrogen and oxygen atoms in total. The van der Waals surface area contributed by atoms with E-state index in [4.69, 9.17) is 0 Å². The third kappa shape index (κ3) is 3.15. The molecule has 0 saturated heterocycles. The maximum absolute atomic E-state index is 4.68. The fourth-order valence-electron chi connectivity index (χ4n) is 2.50. The monoisotopic (exact) mass is 284 g/mol. The van der Waals surface area contributed by atoms with Crippen molar-refractivity contribution in [1.29, 1.82) is 0 Å². The lowest BCUT2D eigenvalue weighted by Gasteiger charge is -2.16. The van der Waals surface area contributed by atoms with Crippen molar-refractivity contribution in [2.75, 3.05) is 31.4 Å². The number of aromatic nitrogens is 2. The van der Waals surface area contributed by atoms with Gasteiger partial charge in [0.05, 0.1) is 0 Å². The van der Waals surface area contributed by atoms with Gasteiger partial charge in [-0.25, -0.2) is 9.97 Å². The van der Waals surface area contributed by atoms with Crippen LogP contribution >= 0.6 is 0 Å². The van der Waals surface area contributed by atoms with E-state index in [-0.39, 0.29) is 0 Å². The molecule has 1 aromatic heterocycles. The SMILES string of the molecule is CNc1nc(-c2ccc(N(C)C)cc2)nc(C)c1C(C)C. The molecule has 21 heavy (non-hydrogen) atoms. The highest BCUT2D eigenvalue weighted by Gasteiger charge is 2.14. The Morgan fingerprint density at radius 1 is 1.05 bits per heavy atom. The van der Waals surface area contributed by atoms with Crippen molar-refractivity contribution in [3.05, 3.63) is 35.5 Å². The molecule has 2 aromatic rings.